The largest absolute Gasteiger partial charge is 0.322 e. The normalized spacial score (nSPS) is 11.3. The fraction of sp³-hybridized carbons (Fsp3) is 0.125. The number of nitrogens with zero attached hydrogens (tertiary/aromatic N) is 2. The van der Waals surface area contributed by atoms with Crippen molar-refractivity contribution in [3.8, 4) is 0 Å². The molecule has 3 aromatic rings. The number of nitrogens with one attached hydrogen (secondary N) is 2. The molecule has 0 aliphatic carbocycles. The molecule has 0 unspecified atom stereocenters. The van der Waals surface area contributed by atoms with Crippen LogP contribution in [-0.4, -0.2) is 29.6 Å². The van der Waals surface area contributed by atoms with E-state index in [1.54, 1.807) is 12.3 Å². The number of aromatic nitrogens is 2. The topological polar surface area (TPSA) is 127 Å². The summed E-state index contributed by atoms with van der Waals surface area (Å²) >= 11 is 1.29. The third-order valence-electron chi connectivity index (χ3n) is 3.56. The first-order valence-electron chi connectivity index (χ1n) is 7.60. The number of rotatable bonds is 4. The minimum absolute atomic E-state index is 0.132. The second-order valence-corrected chi connectivity index (χ2v) is 8.13. The van der Waals surface area contributed by atoms with E-state index in [1.807, 2.05) is 4.72 Å². The highest BCUT2D eigenvalue weighted by atomic mass is 32.2. The second-order valence-electron chi connectivity index (χ2n) is 5.61. The number of carbonyl (C=O) groups excluding carboxylic acids is 2. The summed E-state index contributed by atoms with van der Waals surface area (Å²) in [4.78, 5) is 40.3. The van der Waals surface area contributed by atoms with Crippen LogP contribution in [0.2, 0.25) is 0 Å². The highest BCUT2D eigenvalue weighted by Gasteiger charge is 2.17. The first kappa shape index (κ1) is 18.7. The zero-order valence-electron chi connectivity index (χ0n) is 14.2. The van der Waals surface area contributed by atoms with E-state index in [9.17, 15) is 22.8 Å². The Morgan fingerprint density at radius 1 is 1.19 bits per heavy atom. The lowest BCUT2D eigenvalue weighted by Gasteiger charge is -2.08. The van der Waals surface area contributed by atoms with Gasteiger partial charge in [-0.3, -0.25) is 18.8 Å². The number of benzene rings is 1. The smallest absolute Gasteiger partial charge is 0.271 e. The van der Waals surface area contributed by atoms with Crippen LogP contribution in [0.15, 0.2) is 45.5 Å². The van der Waals surface area contributed by atoms with E-state index in [4.69, 9.17) is 0 Å². The maximum absolute atomic E-state index is 12.5. The zero-order chi connectivity index (χ0) is 19.8. The Bertz CT molecular complexity index is 1210. The number of anilines is 1. The molecular weight excluding hydrogens is 392 g/mol. The van der Waals surface area contributed by atoms with Gasteiger partial charge in [0, 0.05) is 29.9 Å². The van der Waals surface area contributed by atoms with Gasteiger partial charge in [0.15, 0.2) is 4.96 Å². The molecule has 0 fully saturated rings. The maximum atomic E-state index is 12.5. The van der Waals surface area contributed by atoms with Gasteiger partial charge in [0.2, 0.25) is 5.91 Å². The zero-order valence-corrected chi connectivity index (χ0v) is 15.8. The number of aryl methyl sites for hydroxylation is 1. The Morgan fingerprint density at radius 3 is 2.48 bits per heavy atom. The molecular formula is C16H14N4O5S2. The molecule has 11 heteroatoms. The van der Waals surface area contributed by atoms with E-state index in [1.165, 1.54) is 46.2 Å². The molecule has 140 valence electrons. The van der Waals surface area contributed by atoms with Crippen LogP contribution < -0.4 is 15.6 Å². The van der Waals surface area contributed by atoms with Gasteiger partial charge in [-0.2, -0.15) is 0 Å². The summed E-state index contributed by atoms with van der Waals surface area (Å²) in [6.45, 7) is 2.83. The number of carbonyl (C=O) groups is 2. The summed E-state index contributed by atoms with van der Waals surface area (Å²) in [7, 11) is -3.96. The quantitative estimate of drug-likeness (QED) is 0.669. The average Bonchev–Trinajstić information content (AvgIpc) is 2.96. The number of sulfonamides is 1. The molecule has 0 saturated heterocycles. The molecule has 0 atom stereocenters. The number of fused-ring (bicyclic) bond motifs is 1. The lowest BCUT2D eigenvalue weighted by atomic mass is 10.2. The first-order valence-corrected chi connectivity index (χ1v) is 9.96. The highest BCUT2D eigenvalue weighted by Crippen LogP contribution is 2.15. The molecule has 3 rings (SSSR count). The van der Waals surface area contributed by atoms with Crippen molar-refractivity contribution < 1.29 is 18.0 Å². The third kappa shape index (κ3) is 3.73. The Kier molecular flexibility index (Phi) is 4.81. The van der Waals surface area contributed by atoms with Gasteiger partial charge >= 0.3 is 0 Å². The van der Waals surface area contributed by atoms with E-state index in [2.05, 4.69) is 10.3 Å². The Hall–Kier alpha value is -3.05. The van der Waals surface area contributed by atoms with Crippen LogP contribution in [0.5, 0.6) is 0 Å². The molecule has 1 aromatic carbocycles. The van der Waals surface area contributed by atoms with Crippen molar-refractivity contribution in [1.29, 1.82) is 0 Å². The molecule has 0 aliphatic rings. The van der Waals surface area contributed by atoms with Crippen LogP contribution in [0.1, 0.15) is 23.0 Å². The van der Waals surface area contributed by atoms with E-state index < -0.39 is 27.4 Å². The van der Waals surface area contributed by atoms with Crippen molar-refractivity contribution in [1.82, 2.24) is 14.1 Å². The van der Waals surface area contributed by atoms with E-state index in [-0.39, 0.29) is 16.1 Å². The van der Waals surface area contributed by atoms with E-state index in [0.29, 0.717) is 10.7 Å². The molecule has 27 heavy (non-hydrogen) atoms. The summed E-state index contributed by atoms with van der Waals surface area (Å²) in [6, 6.07) is 5.18. The average molecular weight is 406 g/mol. The van der Waals surface area contributed by atoms with E-state index in [0.717, 1.165) is 6.92 Å². The summed E-state index contributed by atoms with van der Waals surface area (Å²) in [6.07, 6.45) is 1.21. The van der Waals surface area contributed by atoms with Gasteiger partial charge in [-0.25, -0.2) is 18.1 Å². The monoisotopic (exact) mass is 406 g/mol. The van der Waals surface area contributed by atoms with Crippen LogP contribution in [-0.2, 0) is 14.8 Å². The molecule has 0 spiro atoms. The van der Waals surface area contributed by atoms with Crippen molar-refractivity contribution >= 4 is 43.8 Å². The van der Waals surface area contributed by atoms with Gasteiger partial charge in [0.1, 0.15) is 5.56 Å². The summed E-state index contributed by atoms with van der Waals surface area (Å²) < 4.78 is 27.0. The first-order chi connectivity index (χ1) is 12.7. The van der Waals surface area contributed by atoms with Gasteiger partial charge in [-0.15, -0.1) is 11.3 Å². The maximum Gasteiger partial charge on any atom is 0.271 e. The molecule has 0 saturated carbocycles. The van der Waals surface area contributed by atoms with Crippen LogP contribution in [0.3, 0.4) is 0 Å². The van der Waals surface area contributed by atoms with Gasteiger partial charge < -0.3 is 5.32 Å². The molecule has 2 amide bonds. The van der Waals surface area contributed by atoms with Crippen molar-refractivity contribution in [2.24, 2.45) is 0 Å². The number of hydrogen-bond donors (Lipinski definition) is 2. The molecule has 2 aromatic heterocycles. The predicted molar refractivity (Wildman–Crippen MR) is 99.5 cm³/mol. The Morgan fingerprint density at radius 2 is 1.85 bits per heavy atom. The molecule has 9 nitrogen and oxygen atoms in total. The minimum atomic E-state index is -3.96. The fourth-order valence-electron chi connectivity index (χ4n) is 2.34. The van der Waals surface area contributed by atoms with Crippen molar-refractivity contribution in [3.63, 3.8) is 0 Å². The molecule has 2 N–H and O–H groups in total. The molecule has 0 aliphatic heterocycles. The summed E-state index contributed by atoms with van der Waals surface area (Å²) in [5, 5.41) is 4.29. The summed E-state index contributed by atoms with van der Waals surface area (Å²) in [5.41, 5.74) is 0.341. The Labute approximate surface area is 157 Å². The minimum Gasteiger partial charge on any atom is -0.322 e. The van der Waals surface area contributed by atoms with Gasteiger partial charge in [0.05, 0.1) is 4.90 Å². The second kappa shape index (κ2) is 6.93. The standard InChI is InChI=1S/C16H14N4O5S2/c1-9-8-26-16-17-7-13(15(23)20(9)16)14(22)18-11-3-5-12(6-4-11)27(24,25)19-10(2)21/h3-8H,1-2H3,(H,18,22)(H,19,21). The molecule has 0 radical (unpaired) electrons. The van der Waals surface area contributed by atoms with Crippen LogP contribution in [0, 0.1) is 6.92 Å². The molecule has 2 heterocycles. The highest BCUT2D eigenvalue weighted by molar-refractivity contribution is 7.90. The van der Waals surface area contributed by atoms with Gasteiger partial charge in [-0.1, -0.05) is 0 Å². The lowest BCUT2D eigenvalue weighted by molar-refractivity contribution is -0.117. The van der Waals surface area contributed by atoms with Crippen molar-refractivity contribution in [2.45, 2.75) is 18.7 Å². The number of thiazole rings is 1. The third-order valence-corrected chi connectivity index (χ3v) is 5.97. The Balaban J connectivity index is 1.85. The van der Waals surface area contributed by atoms with Crippen LogP contribution in [0.4, 0.5) is 5.69 Å². The van der Waals surface area contributed by atoms with Crippen LogP contribution in [0.25, 0.3) is 4.96 Å². The van der Waals surface area contributed by atoms with E-state index >= 15 is 0 Å². The van der Waals surface area contributed by atoms with Crippen molar-refractivity contribution in [3.05, 3.63) is 57.5 Å². The molecule has 0 bridgehead atoms. The summed E-state index contributed by atoms with van der Waals surface area (Å²) in [5.74, 6) is -1.37. The van der Waals surface area contributed by atoms with Crippen molar-refractivity contribution in [2.75, 3.05) is 5.32 Å². The van der Waals surface area contributed by atoms with Gasteiger partial charge in [0.25, 0.3) is 21.5 Å². The SMILES string of the molecule is CC(=O)NS(=O)(=O)c1ccc(NC(=O)c2cnc3scc(C)n3c2=O)cc1. The number of amides is 2. The lowest BCUT2D eigenvalue weighted by Crippen LogP contribution is -2.28. The fourth-order valence-corrected chi connectivity index (χ4v) is 4.16. The predicted octanol–water partition coefficient (Wildman–Crippen LogP) is 1.14. The van der Waals surface area contributed by atoms with Gasteiger partial charge in [-0.05, 0) is 31.2 Å². The number of hydrogen-bond acceptors (Lipinski definition) is 7. The van der Waals surface area contributed by atoms with Crippen LogP contribution >= 0.6 is 11.3 Å².